The first-order chi connectivity index (χ1) is 21.5. The minimum absolute atomic E-state index is 0.0263. The van der Waals surface area contributed by atoms with Gasteiger partial charge >= 0.3 is 0 Å². The van der Waals surface area contributed by atoms with Crippen LogP contribution in [-0.4, -0.2) is 29.3 Å². The zero-order valence-corrected chi connectivity index (χ0v) is 25.0. The molecule has 0 aliphatic carbocycles. The largest absolute Gasteiger partial charge is 0.491 e. The highest BCUT2D eigenvalue weighted by Gasteiger charge is 2.37. The SMILES string of the molecule is CC(C)Oc1ccc(NC(c2ccccc2)(c2ccccc2)c2ccccc2)c(C(=N)c2ccnc(N3CCCC3=O)c2)c1. The summed E-state index contributed by atoms with van der Waals surface area (Å²) in [6.45, 7) is 4.62. The van der Waals surface area contributed by atoms with Crippen molar-refractivity contribution >= 4 is 23.1 Å². The van der Waals surface area contributed by atoms with E-state index in [2.05, 4.69) is 83.1 Å². The van der Waals surface area contributed by atoms with E-state index in [1.165, 1.54) is 0 Å². The van der Waals surface area contributed by atoms with Gasteiger partial charge in [-0.2, -0.15) is 0 Å². The van der Waals surface area contributed by atoms with Crippen molar-refractivity contribution in [3.63, 3.8) is 0 Å². The van der Waals surface area contributed by atoms with Crippen LogP contribution in [0.2, 0.25) is 0 Å². The zero-order chi connectivity index (χ0) is 30.5. The number of rotatable bonds is 10. The van der Waals surface area contributed by atoms with Crippen LogP contribution in [0.15, 0.2) is 128 Å². The third-order valence-electron chi connectivity index (χ3n) is 7.96. The molecule has 0 spiro atoms. The van der Waals surface area contributed by atoms with Gasteiger partial charge in [0.25, 0.3) is 0 Å². The quantitative estimate of drug-likeness (QED) is 0.130. The van der Waals surface area contributed by atoms with Crippen molar-refractivity contribution in [1.82, 2.24) is 4.98 Å². The molecule has 0 radical (unpaired) electrons. The lowest BCUT2D eigenvalue weighted by atomic mass is 9.76. The van der Waals surface area contributed by atoms with Crippen LogP contribution in [0.4, 0.5) is 11.5 Å². The van der Waals surface area contributed by atoms with Crippen molar-refractivity contribution in [2.24, 2.45) is 0 Å². The van der Waals surface area contributed by atoms with Gasteiger partial charge in [0, 0.05) is 36.0 Å². The molecule has 6 nitrogen and oxygen atoms in total. The molecule has 0 bridgehead atoms. The number of benzene rings is 4. The summed E-state index contributed by atoms with van der Waals surface area (Å²) >= 11 is 0. The second kappa shape index (κ2) is 12.6. The van der Waals surface area contributed by atoms with Crippen molar-refractivity contribution < 1.29 is 9.53 Å². The van der Waals surface area contributed by atoms with Gasteiger partial charge in [-0.1, -0.05) is 91.0 Å². The molecule has 6 rings (SSSR count). The lowest BCUT2D eigenvalue weighted by molar-refractivity contribution is -0.117. The standard InChI is InChI=1S/C38H36N4O2/c1-27(2)44-32-20-21-34(33(26-32)37(39)28-22-23-40-35(25-28)42-24-12-19-36(42)43)41-38(29-13-6-3-7-14-29,30-15-8-4-9-16-30)31-17-10-5-11-18-31/h3-11,13-18,20-23,25-27,39,41H,12,19,24H2,1-2H3. The van der Waals surface area contributed by atoms with Gasteiger partial charge in [0.2, 0.25) is 5.91 Å². The molecule has 1 aliphatic rings. The summed E-state index contributed by atoms with van der Waals surface area (Å²) in [5.74, 6) is 1.32. The predicted molar refractivity (Wildman–Crippen MR) is 177 cm³/mol. The molecular formula is C38H36N4O2. The third kappa shape index (κ3) is 5.71. The van der Waals surface area contributed by atoms with Gasteiger partial charge < -0.3 is 10.1 Å². The summed E-state index contributed by atoms with van der Waals surface area (Å²) < 4.78 is 6.11. The highest BCUT2D eigenvalue weighted by molar-refractivity contribution is 6.15. The third-order valence-corrected chi connectivity index (χ3v) is 7.96. The summed E-state index contributed by atoms with van der Waals surface area (Å²) in [5, 5.41) is 13.4. The monoisotopic (exact) mass is 580 g/mol. The minimum Gasteiger partial charge on any atom is -0.491 e. The van der Waals surface area contributed by atoms with Crippen molar-refractivity contribution in [2.45, 2.75) is 38.3 Å². The molecule has 4 aromatic carbocycles. The van der Waals surface area contributed by atoms with Gasteiger partial charge in [-0.3, -0.25) is 15.1 Å². The molecule has 1 aromatic heterocycles. The Labute approximate surface area is 258 Å². The first kappa shape index (κ1) is 28.9. The van der Waals surface area contributed by atoms with Crippen LogP contribution >= 0.6 is 0 Å². The molecule has 2 N–H and O–H groups in total. The second-order valence-corrected chi connectivity index (χ2v) is 11.3. The van der Waals surface area contributed by atoms with E-state index in [1.807, 2.05) is 62.4 Å². The van der Waals surface area contributed by atoms with E-state index < -0.39 is 5.54 Å². The number of nitrogens with zero attached hydrogens (tertiary/aromatic N) is 2. The number of nitrogens with one attached hydrogen (secondary N) is 2. The Morgan fingerprint density at radius 3 is 1.95 bits per heavy atom. The summed E-state index contributed by atoms with van der Waals surface area (Å²) in [6.07, 6.45) is 2.98. The van der Waals surface area contributed by atoms with Crippen molar-refractivity contribution in [1.29, 1.82) is 5.41 Å². The Hall–Kier alpha value is -5.23. The molecule has 5 aromatic rings. The zero-order valence-electron chi connectivity index (χ0n) is 25.0. The van der Waals surface area contributed by atoms with E-state index in [0.717, 1.165) is 28.8 Å². The van der Waals surface area contributed by atoms with Gasteiger partial charge in [0.15, 0.2) is 0 Å². The van der Waals surface area contributed by atoms with Crippen LogP contribution < -0.4 is 15.0 Å². The van der Waals surface area contributed by atoms with E-state index in [-0.39, 0.29) is 12.0 Å². The molecule has 1 amide bonds. The molecule has 1 saturated heterocycles. The van der Waals surface area contributed by atoms with E-state index in [1.54, 1.807) is 11.1 Å². The number of carbonyl (C=O) groups excluding carboxylic acids is 1. The van der Waals surface area contributed by atoms with Crippen molar-refractivity contribution in [3.05, 3.63) is 155 Å². The predicted octanol–water partition coefficient (Wildman–Crippen LogP) is 7.82. The van der Waals surface area contributed by atoms with Crippen molar-refractivity contribution in [2.75, 3.05) is 16.8 Å². The number of anilines is 2. The Balaban J connectivity index is 1.53. The molecule has 0 saturated carbocycles. The van der Waals surface area contributed by atoms with Crippen LogP contribution in [-0.2, 0) is 10.3 Å². The molecular weight excluding hydrogens is 544 g/mol. The van der Waals surface area contributed by atoms with Gasteiger partial charge in [-0.15, -0.1) is 0 Å². The normalized spacial score (nSPS) is 13.2. The van der Waals surface area contributed by atoms with Crippen molar-refractivity contribution in [3.8, 4) is 5.75 Å². The van der Waals surface area contributed by atoms with E-state index in [4.69, 9.17) is 4.74 Å². The number of hydrogen-bond donors (Lipinski definition) is 2. The van der Waals surface area contributed by atoms with Gasteiger partial charge in [0.05, 0.1) is 11.8 Å². The number of ether oxygens (including phenoxy) is 1. The Bertz CT molecular complexity index is 1660. The summed E-state index contributed by atoms with van der Waals surface area (Å²) in [4.78, 5) is 18.7. The molecule has 1 aliphatic heterocycles. The fourth-order valence-corrected chi connectivity index (χ4v) is 5.94. The molecule has 1 fully saturated rings. The molecule has 0 atom stereocenters. The molecule has 6 heteroatoms. The topological polar surface area (TPSA) is 78.3 Å². The summed E-state index contributed by atoms with van der Waals surface area (Å²) in [6, 6.07) is 40.7. The van der Waals surface area contributed by atoms with Crippen LogP contribution in [0.1, 0.15) is 54.5 Å². The second-order valence-electron chi connectivity index (χ2n) is 11.3. The van der Waals surface area contributed by atoms with E-state index in [0.29, 0.717) is 41.4 Å². The van der Waals surface area contributed by atoms with Gasteiger partial charge in [-0.05, 0) is 67.3 Å². The fourth-order valence-electron chi connectivity index (χ4n) is 5.94. The molecule has 44 heavy (non-hydrogen) atoms. The van der Waals surface area contributed by atoms with E-state index >= 15 is 0 Å². The maximum Gasteiger partial charge on any atom is 0.228 e. The Kier molecular flexibility index (Phi) is 8.24. The number of pyridine rings is 1. The smallest absolute Gasteiger partial charge is 0.228 e. The maximum atomic E-state index is 12.5. The van der Waals surface area contributed by atoms with Gasteiger partial charge in [-0.25, -0.2) is 4.98 Å². The average Bonchev–Trinajstić information content (AvgIpc) is 3.50. The summed E-state index contributed by atoms with van der Waals surface area (Å²) in [7, 11) is 0. The highest BCUT2D eigenvalue weighted by atomic mass is 16.5. The Morgan fingerprint density at radius 1 is 0.841 bits per heavy atom. The minimum atomic E-state index is -0.773. The summed E-state index contributed by atoms with van der Waals surface area (Å²) in [5.41, 5.74) is 4.86. The molecule has 220 valence electrons. The van der Waals surface area contributed by atoms with E-state index in [9.17, 15) is 10.2 Å². The first-order valence-corrected chi connectivity index (χ1v) is 15.1. The van der Waals surface area contributed by atoms with Crippen LogP contribution in [0, 0.1) is 5.41 Å². The lowest BCUT2D eigenvalue weighted by Crippen LogP contribution is -2.38. The molecule has 0 unspecified atom stereocenters. The fraction of sp³-hybridized carbons (Fsp3) is 0.184. The lowest BCUT2D eigenvalue weighted by Gasteiger charge is -2.38. The Morgan fingerprint density at radius 2 is 1.43 bits per heavy atom. The number of amides is 1. The molecule has 2 heterocycles. The van der Waals surface area contributed by atoms with Crippen LogP contribution in [0.5, 0.6) is 5.75 Å². The average molecular weight is 581 g/mol. The first-order valence-electron chi connectivity index (χ1n) is 15.1. The van der Waals surface area contributed by atoms with Crippen LogP contribution in [0.3, 0.4) is 0 Å². The van der Waals surface area contributed by atoms with Gasteiger partial charge in [0.1, 0.15) is 17.1 Å². The maximum absolute atomic E-state index is 12.5. The number of aromatic nitrogens is 1. The highest BCUT2D eigenvalue weighted by Crippen LogP contribution is 2.41. The van der Waals surface area contributed by atoms with Crippen LogP contribution in [0.25, 0.3) is 0 Å². The number of carbonyl (C=O) groups is 1. The number of hydrogen-bond acceptors (Lipinski definition) is 5.